The number of rotatable bonds is 5. The largest absolute Gasteiger partial charge is 0.497 e. The quantitative estimate of drug-likeness (QED) is 0.707. The van der Waals surface area contributed by atoms with Crippen LogP contribution in [0.3, 0.4) is 0 Å². The van der Waals surface area contributed by atoms with E-state index in [2.05, 4.69) is 26.6 Å². The van der Waals surface area contributed by atoms with Crippen molar-refractivity contribution < 1.29 is 19.1 Å². The van der Waals surface area contributed by atoms with E-state index in [9.17, 15) is 9.59 Å². The van der Waals surface area contributed by atoms with Crippen molar-refractivity contribution in [3.8, 4) is 5.75 Å². The highest BCUT2D eigenvalue weighted by atomic mass is 79.9. The number of benzene rings is 2. The lowest BCUT2D eigenvalue weighted by atomic mass is 9.92. The first-order chi connectivity index (χ1) is 13.0. The van der Waals surface area contributed by atoms with Gasteiger partial charge in [-0.05, 0) is 36.2 Å². The number of carbonyl (C=O) groups excluding carboxylic acids is 2. The van der Waals surface area contributed by atoms with Crippen molar-refractivity contribution in [1.82, 2.24) is 10.6 Å². The fourth-order valence-electron chi connectivity index (χ4n) is 2.93. The molecule has 0 saturated carbocycles. The number of amides is 2. The van der Waals surface area contributed by atoms with Crippen LogP contribution in [0.25, 0.3) is 5.70 Å². The number of halogens is 1. The highest BCUT2D eigenvalue weighted by Crippen LogP contribution is 2.36. The van der Waals surface area contributed by atoms with Crippen molar-refractivity contribution in [2.45, 2.75) is 13.0 Å². The van der Waals surface area contributed by atoms with E-state index in [4.69, 9.17) is 9.47 Å². The van der Waals surface area contributed by atoms with E-state index in [0.29, 0.717) is 22.6 Å². The SMILES string of the molecule is CCOC(=O)C1=C(c2ccccc2)NC(=O)N[C@H]1c1cc(OC)ccc1Br. The summed E-state index contributed by atoms with van der Waals surface area (Å²) < 4.78 is 11.3. The summed E-state index contributed by atoms with van der Waals surface area (Å²) in [5.41, 5.74) is 2.18. The van der Waals surface area contributed by atoms with Gasteiger partial charge in [0.1, 0.15) is 5.75 Å². The molecular weight excluding hydrogens is 412 g/mol. The fraction of sp³-hybridized carbons (Fsp3) is 0.200. The van der Waals surface area contributed by atoms with Crippen LogP contribution < -0.4 is 15.4 Å². The van der Waals surface area contributed by atoms with Crippen molar-refractivity contribution in [2.75, 3.05) is 13.7 Å². The zero-order valence-corrected chi connectivity index (χ0v) is 16.5. The minimum atomic E-state index is -0.697. The van der Waals surface area contributed by atoms with Crippen LogP contribution in [0.2, 0.25) is 0 Å². The minimum Gasteiger partial charge on any atom is -0.497 e. The van der Waals surface area contributed by atoms with Gasteiger partial charge < -0.3 is 20.1 Å². The molecule has 7 heteroatoms. The van der Waals surface area contributed by atoms with Gasteiger partial charge in [0, 0.05) is 4.47 Å². The van der Waals surface area contributed by atoms with Crippen LogP contribution in [0.1, 0.15) is 24.1 Å². The molecule has 0 fully saturated rings. The molecule has 2 aromatic rings. The lowest BCUT2D eigenvalue weighted by molar-refractivity contribution is -0.138. The van der Waals surface area contributed by atoms with Crippen LogP contribution in [0.4, 0.5) is 4.79 Å². The monoisotopic (exact) mass is 430 g/mol. The number of methoxy groups -OCH3 is 1. The van der Waals surface area contributed by atoms with E-state index in [-0.39, 0.29) is 6.61 Å². The van der Waals surface area contributed by atoms with Crippen LogP contribution in [0.5, 0.6) is 5.75 Å². The van der Waals surface area contributed by atoms with Gasteiger partial charge in [-0.15, -0.1) is 0 Å². The third-order valence-electron chi connectivity index (χ3n) is 4.14. The number of esters is 1. The van der Waals surface area contributed by atoms with E-state index >= 15 is 0 Å². The molecule has 1 heterocycles. The molecule has 0 aromatic heterocycles. The van der Waals surface area contributed by atoms with Gasteiger partial charge in [-0.3, -0.25) is 0 Å². The number of hydrogen-bond donors (Lipinski definition) is 2. The second kappa shape index (κ2) is 8.26. The van der Waals surface area contributed by atoms with Crippen LogP contribution in [0.15, 0.2) is 58.6 Å². The van der Waals surface area contributed by atoms with Gasteiger partial charge in [-0.2, -0.15) is 0 Å². The molecule has 2 aromatic carbocycles. The zero-order valence-electron chi connectivity index (χ0n) is 14.9. The summed E-state index contributed by atoms with van der Waals surface area (Å²) in [6.45, 7) is 1.97. The molecule has 1 aliphatic rings. The molecule has 1 aliphatic heterocycles. The molecule has 2 amide bonds. The topological polar surface area (TPSA) is 76.7 Å². The van der Waals surface area contributed by atoms with Crippen molar-refractivity contribution in [3.05, 3.63) is 69.7 Å². The van der Waals surface area contributed by atoms with E-state index in [0.717, 1.165) is 10.0 Å². The molecule has 1 atom stereocenters. The van der Waals surface area contributed by atoms with Crippen molar-refractivity contribution in [1.29, 1.82) is 0 Å². The first-order valence-electron chi connectivity index (χ1n) is 8.42. The predicted molar refractivity (Wildman–Crippen MR) is 105 cm³/mol. The molecule has 3 rings (SSSR count). The number of carbonyl (C=O) groups is 2. The highest BCUT2D eigenvalue weighted by Gasteiger charge is 2.35. The second-order valence-electron chi connectivity index (χ2n) is 5.79. The van der Waals surface area contributed by atoms with Gasteiger partial charge in [0.15, 0.2) is 0 Å². The smallest absolute Gasteiger partial charge is 0.338 e. The Balaban J connectivity index is 2.22. The average Bonchev–Trinajstić information content (AvgIpc) is 2.68. The lowest BCUT2D eigenvalue weighted by Gasteiger charge is -2.30. The van der Waals surface area contributed by atoms with Crippen molar-refractivity contribution >= 4 is 33.6 Å². The molecular formula is C20H19BrN2O4. The number of nitrogens with one attached hydrogen (secondary N) is 2. The summed E-state index contributed by atoms with van der Waals surface area (Å²) in [6.07, 6.45) is 0. The molecule has 140 valence electrons. The highest BCUT2D eigenvalue weighted by molar-refractivity contribution is 9.10. The van der Waals surface area contributed by atoms with Gasteiger partial charge in [0.2, 0.25) is 0 Å². The van der Waals surface area contributed by atoms with E-state index < -0.39 is 18.0 Å². The van der Waals surface area contributed by atoms with E-state index in [1.165, 1.54) is 0 Å². The third-order valence-corrected chi connectivity index (χ3v) is 4.87. The Morgan fingerprint density at radius 1 is 1.19 bits per heavy atom. The van der Waals surface area contributed by atoms with E-state index in [1.807, 2.05) is 36.4 Å². The normalized spacial score (nSPS) is 16.4. The molecule has 0 spiro atoms. The Bertz CT molecular complexity index is 896. The van der Waals surface area contributed by atoms with Gasteiger partial charge in [0.05, 0.1) is 31.0 Å². The van der Waals surface area contributed by atoms with Gasteiger partial charge in [-0.25, -0.2) is 9.59 Å². The summed E-state index contributed by atoms with van der Waals surface area (Å²) in [5.74, 6) is 0.119. The van der Waals surface area contributed by atoms with Crippen molar-refractivity contribution in [2.24, 2.45) is 0 Å². The Morgan fingerprint density at radius 3 is 2.59 bits per heavy atom. The number of hydrogen-bond acceptors (Lipinski definition) is 4. The fourth-order valence-corrected chi connectivity index (χ4v) is 3.40. The summed E-state index contributed by atoms with van der Waals surface area (Å²) in [4.78, 5) is 25.2. The second-order valence-corrected chi connectivity index (χ2v) is 6.65. The molecule has 0 saturated heterocycles. The average molecular weight is 431 g/mol. The summed E-state index contributed by atoms with van der Waals surface area (Å²) in [7, 11) is 1.56. The first-order valence-corrected chi connectivity index (χ1v) is 9.22. The van der Waals surface area contributed by atoms with Crippen LogP contribution >= 0.6 is 15.9 Å². The van der Waals surface area contributed by atoms with Crippen LogP contribution in [0, 0.1) is 0 Å². The Labute approximate surface area is 165 Å². The molecule has 2 N–H and O–H groups in total. The maximum atomic E-state index is 12.8. The summed E-state index contributed by atoms with van der Waals surface area (Å²) in [5, 5.41) is 5.57. The molecule has 0 bridgehead atoms. The maximum Gasteiger partial charge on any atom is 0.338 e. The maximum absolute atomic E-state index is 12.8. The molecule has 27 heavy (non-hydrogen) atoms. The summed E-state index contributed by atoms with van der Waals surface area (Å²) in [6, 6.07) is 13.5. The lowest BCUT2D eigenvalue weighted by Crippen LogP contribution is -2.45. The Morgan fingerprint density at radius 2 is 1.93 bits per heavy atom. The number of urea groups is 1. The van der Waals surface area contributed by atoms with Crippen LogP contribution in [-0.4, -0.2) is 25.7 Å². The Hall–Kier alpha value is -2.80. The van der Waals surface area contributed by atoms with Gasteiger partial charge in [0.25, 0.3) is 0 Å². The van der Waals surface area contributed by atoms with Crippen molar-refractivity contribution in [3.63, 3.8) is 0 Å². The molecule has 6 nitrogen and oxygen atoms in total. The van der Waals surface area contributed by atoms with E-state index in [1.54, 1.807) is 26.2 Å². The zero-order chi connectivity index (χ0) is 19.4. The third kappa shape index (κ3) is 3.98. The predicted octanol–water partition coefficient (Wildman–Crippen LogP) is 3.79. The molecule has 0 radical (unpaired) electrons. The van der Waals surface area contributed by atoms with Crippen LogP contribution in [-0.2, 0) is 9.53 Å². The molecule has 0 unspecified atom stereocenters. The minimum absolute atomic E-state index is 0.227. The standard InChI is InChI=1S/C20H19BrN2O4/c1-3-27-19(24)16-17(12-7-5-4-6-8-12)22-20(25)23-18(16)14-11-13(26-2)9-10-15(14)21/h4-11,18H,3H2,1-2H3,(H2,22,23,25)/t18-/m0/s1. The Kier molecular flexibility index (Phi) is 5.81. The molecule has 0 aliphatic carbocycles. The van der Waals surface area contributed by atoms with Gasteiger partial charge in [-0.1, -0.05) is 46.3 Å². The first kappa shape index (κ1) is 19.0. The summed E-state index contributed by atoms with van der Waals surface area (Å²) >= 11 is 3.50. The van der Waals surface area contributed by atoms with Gasteiger partial charge >= 0.3 is 12.0 Å². The number of ether oxygens (including phenoxy) is 2.